The summed E-state index contributed by atoms with van der Waals surface area (Å²) in [6, 6.07) is 10.9. The molecule has 2 aromatic carbocycles. The molecule has 0 saturated carbocycles. The van der Waals surface area contributed by atoms with Gasteiger partial charge in [0.25, 0.3) is 11.8 Å². The topological polar surface area (TPSA) is 105 Å². The van der Waals surface area contributed by atoms with Crippen molar-refractivity contribution in [2.75, 3.05) is 51.8 Å². The molecule has 33 heavy (non-hydrogen) atoms. The fraction of sp³-hybridized carbons (Fsp3) is 0.391. The predicted octanol–water partition coefficient (Wildman–Crippen LogP) is 2.45. The van der Waals surface area contributed by atoms with Crippen molar-refractivity contribution in [3.8, 4) is 5.75 Å². The number of hydrogen-bond acceptors (Lipinski definition) is 6. The first-order valence-corrected chi connectivity index (χ1v) is 12.2. The maximum atomic E-state index is 13.2. The quantitative estimate of drug-likeness (QED) is 0.629. The second kappa shape index (κ2) is 10.8. The minimum atomic E-state index is -3.80. The van der Waals surface area contributed by atoms with Crippen LogP contribution in [-0.4, -0.2) is 75.9 Å². The monoisotopic (exact) mass is 475 g/mol. The van der Waals surface area contributed by atoms with Crippen molar-refractivity contribution in [2.24, 2.45) is 0 Å². The Morgan fingerprint density at radius 1 is 1.06 bits per heavy atom. The Morgan fingerprint density at radius 2 is 1.73 bits per heavy atom. The van der Waals surface area contributed by atoms with Gasteiger partial charge < -0.3 is 19.7 Å². The average Bonchev–Trinajstić information content (AvgIpc) is 2.85. The fourth-order valence-corrected chi connectivity index (χ4v) is 5.05. The molecule has 10 heteroatoms. The summed E-state index contributed by atoms with van der Waals surface area (Å²) in [5.41, 5.74) is 0.741. The van der Waals surface area contributed by atoms with Crippen molar-refractivity contribution in [1.29, 1.82) is 0 Å². The van der Waals surface area contributed by atoms with Crippen molar-refractivity contribution in [1.82, 2.24) is 9.21 Å². The molecule has 1 saturated heterocycles. The van der Waals surface area contributed by atoms with Crippen molar-refractivity contribution in [3.63, 3.8) is 0 Å². The van der Waals surface area contributed by atoms with Gasteiger partial charge in [-0.1, -0.05) is 12.1 Å². The molecule has 1 aliphatic rings. The fourth-order valence-electron chi connectivity index (χ4n) is 3.61. The second-order valence-corrected chi connectivity index (χ2v) is 9.29. The normalized spacial score (nSPS) is 14.5. The Hall–Kier alpha value is -2.95. The van der Waals surface area contributed by atoms with Crippen LogP contribution in [0.25, 0.3) is 0 Å². The number of sulfonamides is 1. The van der Waals surface area contributed by atoms with Crippen LogP contribution >= 0.6 is 0 Å². The molecule has 0 spiro atoms. The van der Waals surface area contributed by atoms with Gasteiger partial charge in [-0.2, -0.15) is 4.31 Å². The Bertz CT molecular complexity index is 1110. The van der Waals surface area contributed by atoms with Crippen molar-refractivity contribution >= 4 is 27.5 Å². The number of para-hydroxylation sites is 1. The number of rotatable bonds is 8. The van der Waals surface area contributed by atoms with E-state index in [-0.39, 0.29) is 35.2 Å². The Kier molecular flexibility index (Phi) is 8.06. The maximum absolute atomic E-state index is 13.2. The van der Waals surface area contributed by atoms with Gasteiger partial charge in [0.15, 0.2) is 0 Å². The van der Waals surface area contributed by atoms with Gasteiger partial charge in [-0.15, -0.1) is 0 Å². The van der Waals surface area contributed by atoms with E-state index in [0.717, 1.165) is 0 Å². The summed E-state index contributed by atoms with van der Waals surface area (Å²) in [6.07, 6.45) is 0. The van der Waals surface area contributed by atoms with Gasteiger partial charge in [0.1, 0.15) is 5.75 Å². The van der Waals surface area contributed by atoms with E-state index in [1.54, 1.807) is 29.2 Å². The number of benzene rings is 2. The zero-order chi connectivity index (χ0) is 24.0. The third kappa shape index (κ3) is 5.35. The van der Waals surface area contributed by atoms with E-state index in [2.05, 4.69) is 5.32 Å². The molecule has 0 radical (unpaired) electrons. The summed E-state index contributed by atoms with van der Waals surface area (Å²) in [5.74, 6) is -0.557. The van der Waals surface area contributed by atoms with Gasteiger partial charge in [0.05, 0.1) is 42.0 Å². The summed E-state index contributed by atoms with van der Waals surface area (Å²) in [7, 11) is -2.40. The molecule has 0 unspecified atom stereocenters. The van der Waals surface area contributed by atoms with Gasteiger partial charge in [-0.3, -0.25) is 9.59 Å². The zero-order valence-corrected chi connectivity index (χ0v) is 19.9. The number of nitrogens with one attached hydrogen (secondary N) is 1. The smallest absolute Gasteiger partial charge is 0.259 e. The van der Waals surface area contributed by atoms with Gasteiger partial charge in [-0.05, 0) is 44.2 Å². The third-order valence-corrected chi connectivity index (χ3v) is 7.37. The maximum Gasteiger partial charge on any atom is 0.259 e. The van der Waals surface area contributed by atoms with Crippen LogP contribution in [0.4, 0.5) is 5.69 Å². The first kappa shape index (κ1) is 24.7. The number of carbonyl (C=O) groups is 2. The van der Waals surface area contributed by atoms with Crippen LogP contribution < -0.4 is 10.1 Å². The number of carbonyl (C=O) groups excluding carboxylic acids is 2. The van der Waals surface area contributed by atoms with E-state index in [1.807, 2.05) is 13.8 Å². The van der Waals surface area contributed by atoms with Crippen LogP contribution in [0, 0.1) is 0 Å². The molecule has 1 heterocycles. The van der Waals surface area contributed by atoms with E-state index >= 15 is 0 Å². The number of methoxy groups -OCH3 is 1. The van der Waals surface area contributed by atoms with E-state index in [0.29, 0.717) is 37.6 Å². The van der Waals surface area contributed by atoms with E-state index < -0.39 is 15.9 Å². The van der Waals surface area contributed by atoms with Gasteiger partial charge in [0, 0.05) is 26.2 Å². The number of hydrogen-bond donors (Lipinski definition) is 1. The van der Waals surface area contributed by atoms with E-state index in [4.69, 9.17) is 9.47 Å². The lowest BCUT2D eigenvalue weighted by Gasteiger charge is -2.26. The van der Waals surface area contributed by atoms with Crippen LogP contribution in [0.5, 0.6) is 5.75 Å². The highest BCUT2D eigenvalue weighted by Gasteiger charge is 2.28. The van der Waals surface area contributed by atoms with Crippen LogP contribution in [0.2, 0.25) is 0 Å². The summed E-state index contributed by atoms with van der Waals surface area (Å²) in [5, 5.41) is 2.75. The number of nitrogens with zero attached hydrogens (tertiary/aromatic N) is 2. The Balaban J connectivity index is 1.94. The molecule has 1 N–H and O–H groups in total. The highest BCUT2D eigenvalue weighted by Crippen LogP contribution is 2.27. The summed E-state index contributed by atoms with van der Waals surface area (Å²) >= 11 is 0. The first-order valence-electron chi connectivity index (χ1n) is 10.8. The Labute approximate surface area is 194 Å². The number of morpholine rings is 1. The molecule has 2 aromatic rings. The molecule has 1 aliphatic heterocycles. The summed E-state index contributed by atoms with van der Waals surface area (Å²) in [4.78, 5) is 27.7. The molecule has 2 amide bonds. The lowest BCUT2D eigenvalue weighted by Crippen LogP contribution is -2.40. The van der Waals surface area contributed by atoms with Crippen molar-refractivity contribution in [2.45, 2.75) is 18.7 Å². The number of ether oxygens (including phenoxy) is 2. The minimum absolute atomic E-state index is 0.0112. The average molecular weight is 476 g/mol. The third-order valence-electron chi connectivity index (χ3n) is 5.48. The highest BCUT2D eigenvalue weighted by atomic mass is 32.2. The molecule has 0 aromatic heterocycles. The SMILES string of the molecule is CCN(CC)C(=O)c1ccccc1NC(=O)c1cc(S(=O)(=O)N2CCOCC2)ccc1OC. The molecule has 0 aliphatic carbocycles. The molecule has 0 atom stereocenters. The molecule has 0 bridgehead atoms. The number of anilines is 1. The first-order chi connectivity index (χ1) is 15.8. The zero-order valence-electron chi connectivity index (χ0n) is 19.0. The molecule has 3 rings (SSSR count). The summed E-state index contributed by atoms with van der Waals surface area (Å²) < 4.78 is 38.0. The second-order valence-electron chi connectivity index (χ2n) is 7.36. The van der Waals surface area contributed by atoms with Crippen LogP contribution in [-0.2, 0) is 14.8 Å². The predicted molar refractivity (Wildman–Crippen MR) is 124 cm³/mol. The van der Waals surface area contributed by atoms with Crippen molar-refractivity contribution in [3.05, 3.63) is 53.6 Å². The molecular weight excluding hydrogens is 446 g/mol. The van der Waals surface area contributed by atoms with Crippen molar-refractivity contribution < 1.29 is 27.5 Å². The lowest BCUT2D eigenvalue weighted by molar-refractivity contribution is 0.0730. The Morgan fingerprint density at radius 3 is 2.36 bits per heavy atom. The summed E-state index contributed by atoms with van der Waals surface area (Å²) in [6.45, 7) is 5.97. The lowest BCUT2D eigenvalue weighted by atomic mass is 10.1. The highest BCUT2D eigenvalue weighted by molar-refractivity contribution is 7.89. The van der Waals surface area contributed by atoms with Crippen LogP contribution in [0.3, 0.4) is 0 Å². The van der Waals surface area contributed by atoms with Crippen LogP contribution in [0.15, 0.2) is 47.4 Å². The molecule has 9 nitrogen and oxygen atoms in total. The standard InChI is InChI=1S/C23H29N3O6S/c1-4-25(5-2)23(28)18-8-6-7-9-20(18)24-22(27)19-16-17(10-11-21(19)31-3)33(29,30)26-12-14-32-15-13-26/h6-11,16H,4-5,12-15H2,1-3H3,(H,24,27). The largest absolute Gasteiger partial charge is 0.496 e. The van der Waals surface area contributed by atoms with Crippen LogP contribution in [0.1, 0.15) is 34.6 Å². The molecule has 178 valence electrons. The molecule has 1 fully saturated rings. The minimum Gasteiger partial charge on any atom is -0.496 e. The number of amides is 2. The van der Waals surface area contributed by atoms with Gasteiger partial charge in [-0.25, -0.2) is 8.42 Å². The molecular formula is C23H29N3O6S. The van der Waals surface area contributed by atoms with Gasteiger partial charge >= 0.3 is 0 Å². The van der Waals surface area contributed by atoms with Gasteiger partial charge in [0.2, 0.25) is 10.0 Å². The van der Waals surface area contributed by atoms with E-state index in [9.17, 15) is 18.0 Å². The van der Waals surface area contributed by atoms with E-state index in [1.165, 1.54) is 29.6 Å².